The first-order chi connectivity index (χ1) is 14.7. The number of carbonyl (C=O) groups is 2. The minimum Gasteiger partial charge on any atom is -0.487 e. The SMILES string of the molecule is CCOC(=O)[C@@H]1CCCN1Cc1ccc2c(c1)CO/C2=C1/C(=O)Cc2ccccc21. The average Bonchev–Trinajstić information content (AvgIpc) is 3.44. The molecule has 0 radical (unpaired) electrons. The highest BCUT2D eigenvalue weighted by atomic mass is 16.5. The Morgan fingerprint density at radius 3 is 2.90 bits per heavy atom. The van der Waals surface area contributed by atoms with Crippen LogP contribution >= 0.6 is 0 Å². The molecular weight excluding hydrogens is 378 g/mol. The van der Waals surface area contributed by atoms with Crippen LogP contribution in [-0.4, -0.2) is 35.8 Å². The van der Waals surface area contributed by atoms with Gasteiger partial charge in [-0.1, -0.05) is 42.5 Å². The zero-order valence-corrected chi connectivity index (χ0v) is 17.1. The predicted octanol–water partition coefficient (Wildman–Crippen LogP) is 3.74. The van der Waals surface area contributed by atoms with Crippen molar-refractivity contribution in [3.8, 4) is 0 Å². The fourth-order valence-corrected chi connectivity index (χ4v) is 4.85. The molecule has 30 heavy (non-hydrogen) atoms. The Balaban J connectivity index is 1.41. The summed E-state index contributed by atoms with van der Waals surface area (Å²) >= 11 is 0. The Kier molecular flexibility index (Phi) is 4.91. The van der Waals surface area contributed by atoms with Gasteiger partial charge in [0.05, 0.1) is 12.2 Å². The summed E-state index contributed by atoms with van der Waals surface area (Å²) in [7, 11) is 0. The highest BCUT2D eigenvalue weighted by Crippen LogP contribution is 2.41. The lowest BCUT2D eigenvalue weighted by Gasteiger charge is -2.23. The van der Waals surface area contributed by atoms with E-state index in [1.807, 2.05) is 31.2 Å². The first kappa shape index (κ1) is 19.1. The Morgan fingerprint density at radius 1 is 1.17 bits per heavy atom. The number of Topliss-reactive ketones (excluding diaryl/α,β-unsaturated/α-hetero) is 1. The maximum atomic E-state index is 12.7. The zero-order chi connectivity index (χ0) is 20.7. The number of benzene rings is 2. The molecular formula is C25H25NO4. The number of nitrogens with zero attached hydrogens (tertiary/aromatic N) is 1. The minimum absolute atomic E-state index is 0.120. The minimum atomic E-state index is -0.153. The molecule has 5 rings (SSSR count). The number of allylic oxidation sites excluding steroid dienone is 1. The van der Waals surface area contributed by atoms with E-state index in [9.17, 15) is 9.59 Å². The third-order valence-electron chi connectivity index (χ3n) is 6.24. The Hall–Kier alpha value is -2.92. The molecule has 2 aliphatic heterocycles. The van der Waals surface area contributed by atoms with Crippen LogP contribution in [0.5, 0.6) is 0 Å². The van der Waals surface area contributed by atoms with Gasteiger partial charge in [-0.2, -0.15) is 0 Å². The topological polar surface area (TPSA) is 55.8 Å². The summed E-state index contributed by atoms with van der Waals surface area (Å²) in [5, 5.41) is 0. The molecule has 0 N–H and O–H groups in total. The summed E-state index contributed by atoms with van der Waals surface area (Å²) in [4.78, 5) is 27.1. The van der Waals surface area contributed by atoms with Crippen LogP contribution in [0.25, 0.3) is 11.3 Å². The first-order valence-electron chi connectivity index (χ1n) is 10.7. The normalized spacial score (nSPS) is 22.7. The molecule has 0 amide bonds. The molecule has 2 aromatic carbocycles. The smallest absolute Gasteiger partial charge is 0.323 e. The number of ketones is 1. The van der Waals surface area contributed by atoms with Crippen LogP contribution in [0.2, 0.25) is 0 Å². The lowest BCUT2D eigenvalue weighted by atomic mass is 9.99. The fourth-order valence-electron chi connectivity index (χ4n) is 4.85. The summed E-state index contributed by atoms with van der Waals surface area (Å²) < 4.78 is 11.3. The van der Waals surface area contributed by atoms with Crippen LogP contribution in [0.1, 0.15) is 47.6 Å². The maximum Gasteiger partial charge on any atom is 0.323 e. The summed E-state index contributed by atoms with van der Waals surface area (Å²) in [5.41, 5.74) is 6.01. The molecule has 1 atom stereocenters. The number of esters is 1. The molecule has 2 heterocycles. The van der Waals surface area contributed by atoms with Crippen LogP contribution in [0.15, 0.2) is 42.5 Å². The summed E-state index contributed by atoms with van der Waals surface area (Å²) in [6, 6.07) is 14.1. The number of hydrogen-bond donors (Lipinski definition) is 0. The van der Waals surface area contributed by atoms with Crippen LogP contribution in [-0.2, 0) is 38.6 Å². The van der Waals surface area contributed by atoms with Gasteiger partial charge in [-0.25, -0.2) is 0 Å². The monoisotopic (exact) mass is 403 g/mol. The van der Waals surface area contributed by atoms with E-state index in [1.54, 1.807) is 0 Å². The molecule has 0 saturated carbocycles. The van der Waals surface area contributed by atoms with Crippen molar-refractivity contribution in [1.29, 1.82) is 0 Å². The lowest BCUT2D eigenvalue weighted by Crippen LogP contribution is -2.36. The number of fused-ring (bicyclic) bond motifs is 2. The number of ether oxygens (including phenoxy) is 2. The molecule has 0 aromatic heterocycles. The molecule has 1 saturated heterocycles. The van der Waals surface area contributed by atoms with Crippen molar-refractivity contribution >= 4 is 23.1 Å². The van der Waals surface area contributed by atoms with Gasteiger partial charge < -0.3 is 9.47 Å². The van der Waals surface area contributed by atoms with E-state index >= 15 is 0 Å². The van der Waals surface area contributed by atoms with Crippen molar-refractivity contribution in [2.45, 2.75) is 45.4 Å². The zero-order valence-electron chi connectivity index (χ0n) is 17.1. The molecule has 3 aliphatic rings. The van der Waals surface area contributed by atoms with E-state index in [1.165, 1.54) is 0 Å². The third-order valence-corrected chi connectivity index (χ3v) is 6.24. The van der Waals surface area contributed by atoms with E-state index in [0.29, 0.717) is 37.5 Å². The van der Waals surface area contributed by atoms with E-state index in [4.69, 9.17) is 9.47 Å². The average molecular weight is 403 g/mol. The fraction of sp³-hybridized carbons (Fsp3) is 0.360. The second-order valence-electron chi connectivity index (χ2n) is 8.12. The number of hydrogen-bond acceptors (Lipinski definition) is 5. The van der Waals surface area contributed by atoms with Crippen LogP contribution in [0.4, 0.5) is 0 Å². The molecule has 1 aliphatic carbocycles. The second-order valence-corrected chi connectivity index (χ2v) is 8.12. The Labute approximate surface area is 176 Å². The van der Waals surface area contributed by atoms with Gasteiger partial charge in [0.2, 0.25) is 0 Å². The van der Waals surface area contributed by atoms with E-state index in [0.717, 1.165) is 47.2 Å². The van der Waals surface area contributed by atoms with Crippen LogP contribution < -0.4 is 0 Å². The van der Waals surface area contributed by atoms with Gasteiger partial charge in [0.25, 0.3) is 0 Å². The van der Waals surface area contributed by atoms with Crippen molar-refractivity contribution < 1.29 is 19.1 Å². The highest BCUT2D eigenvalue weighted by Gasteiger charge is 2.34. The van der Waals surface area contributed by atoms with Crippen molar-refractivity contribution in [2.75, 3.05) is 13.2 Å². The number of likely N-dealkylation sites (tertiary alicyclic amines) is 1. The molecule has 2 aromatic rings. The molecule has 0 bridgehead atoms. The van der Waals surface area contributed by atoms with E-state index in [-0.39, 0.29) is 17.8 Å². The van der Waals surface area contributed by atoms with Gasteiger partial charge in [0.15, 0.2) is 5.78 Å². The molecule has 0 spiro atoms. The van der Waals surface area contributed by atoms with Gasteiger partial charge in [-0.05, 0) is 43.0 Å². The van der Waals surface area contributed by atoms with Crippen LogP contribution in [0, 0.1) is 0 Å². The quantitative estimate of drug-likeness (QED) is 0.575. The Bertz CT molecular complexity index is 1050. The number of rotatable bonds is 4. The summed E-state index contributed by atoms with van der Waals surface area (Å²) in [6.07, 6.45) is 2.30. The van der Waals surface area contributed by atoms with Crippen molar-refractivity contribution in [1.82, 2.24) is 4.90 Å². The molecule has 0 unspecified atom stereocenters. The van der Waals surface area contributed by atoms with Gasteiger partial charge in [0, 0.05) is 24.1 Å². The molecule has 154 valence electrons. The van der Waals surface area contributed by atoms with Crippen LogP contribution in [0.3, 0.4) is 0 Å². The standard InChI is InChI=1S/C25H25NO4/c1-2-29-25(28)21-8-5-11-26(21)14-16-9-10-20-18(12-16)15-30-24(20)23-19-7-4-3-6-17(19)13-22(23)27/h3-4,6-7,9-10,12,21H,2,5,8,11,13-15H2,1H3/b24-23+/t21-/m0/s1. The largest absolute Gasteiger partial charge is 0.487 e. The predicted molar refractivity (Wildman–Crippen MR) is 113 cm³/mol. The second kappa shape index (κ2) is 7.73. The first-order valence-corrected chi connectivity index (χ1v) is 10.7. The van der Waals surface area contributed by atoms with E-state index < -0.39 is 0 Å². The molecule has 5 nitrogen and oxygen atoms in total. The third kappa shape index (κ3) is 3.23. The summed E-state index contributed by atoms with van der Waals surface area (Å²) in [6.45, 7) is 4.34. The lowest BCUT2D eigenvalue weighted by molar-refractivity contribution is -0.148. The van der Waals surface area contributed by atoms with Gasteiger partial charge in [0.1, 0.15) is 18.4 Å². The van der Waals surface area contributed by atoms with Gasteiger partial charge in [-0.15, -0.1) is 0 Å². The van der Waals surface area contributed by atoms with Gasteiger partial charge in [-0.3, -0.25) is 14.5 Å². The van der Waals surface area contributed by atoms with E-state index in [2.05, 4.69) is 23.1 Å². The highest BCUT2D eigenvalue weighted by molar-refractivity contribution is 6.31. The number of carbonyl (C=O) groups excluding carboxylic acids is 2. The Morgan fingerprint density at radius 2 is 2.03 bits per heavy atom. The van der Waals surface area contributed by atoms with Crippen molar-refractivity contribution in [3.63, 3.8) is 0 Å². The maximum absolute atomic E-state index is 12.7. The molecule has 1 fully saturated rings. The van der Waals surface area contributed by atoms with Crippen molar-refractivity contribution in [2.24, 2.45) is 0 Å². The van der Waals surface area contributed by atoms with Crippen molar-refractivity contribution in [3.05, 3.63) is 70.3 Å². The van der Waals surface area contributed by atoms with Gasteiger partial charge >= 0.3 is 5.97 Å². The molecule has 5 heteroatoms. The summed E-state index contributed by atoms with van der Waals surface area (Å²) in [5.74, 6) is 0.708.